The van der Waals surface area contributed by atoms with E-state index in [0.29, 0.717) is 11.4 Å². The monoisotopic (exact) mass is 213 g/mol. The van der Waals surface area contributed by atoms with Crippen molar-refractivity contribution in [3.8, 4) is 23.6 Å². The van der Waals surface area contributed by atoms with Crippen LogP contribution in [0.25, 0.3) is 11.3 Å². The summed E-state index contributed by atoms with van der Waals surface area (Å²) >= 11 is 0. The zero-order valence-corrected chi connectivity index (χ0v) is 8.31. The molecule has 0 aliphatic rings. The van der Waals surface area contributed by atoms with E-state index in [1.54, 1.807) is 18.2 Å². The number of nitrogen functional groups attached to an aromatic ring is 1. The minimum atomic E-state index is -0.303. The molecule has 78 valence electrons. The van der Waals surface area contributed by atoms with Crippen molar-refractivity contribution in [2.24, 2.45) is 0 Å². The lowest BCUT2D eigenvalue weighted by molar-refractivity contribution is 0.628. The molecule has 2 N–H and O–H groups in total. The van der Waals surface area contributed by atoms with Gasteiger partial charge in [-0.05, 0) is 30.3 Å². The van der Waals surface area contributed by atoms with Gasteiger partial charge in [-0.3, -0.25) is 0 Å². The Morgan fingerprint density at radius 3 is 2.50 bits per heavy atom. The summed E-state index contributed by atoms with van der Waals surface area (Å²) in [7, 11) is 0. The second-order valence-electron chi connectivity index (χ2n) is 3.15. The third-order valence-corrected chi connectivity index (χ3v) is 2.03. The quantitative estimate of drug-likeness (QED) is 0.735. The van der Waals surface area contributed by atoms with E-state index in [2.05, 4.69) is 15.9 Å². The van der Waals surface area contributed by atoms with E-state index < -0.39 is 0 Å². The maximum absolute atomic E-state index is 12.7. The topological polar surface area (TPSA) is 51.8 Å². The summed E-state index contributed by atoms with van der Waals surface area (Å²) in [6.07, 6.45) is 5.23. The van der Waals surface area contributed by atoms with Gasteiger partial charge in [0.1, 0.15) is 11.5 Å². The van der Waals surface area contributed by atoms with Crippen LogP contribution in [0, 0.1) is 18.2 Å². The Kier molecular flexibility index (Phi) is 2.52. The fourth-order valence-corrected chi connectivity index (χ4v) is 1.31. The van der Waals surface area contributed by atoms with E-state index in [4.69, 9.17) is 12.2 Å². The summed E-state index contributed by atoms with van der Waals surface area (Å²) in [5, 5.41) is 0. The first-order valence-electron chi connectivity index (χ1n) is 4.56. The predicted molar refractivity (Wildman–Crippen MR) is 59.8 cm³/mol. The zero-order chi connectivity index (χ0) is 11.5. The van der Waals surface area contributed by atoms with Crippen LogP contribution in [0.1, 0.15) is 5.69 Å². The molecule has 1 heterocycles. The highest BCUT2D eigenvalue weighted by molar-refractivity contribution is 5.61. The summed E-state index contributed by atoms with van der Waals surface area (Å²) < 4.78 is 12.7. The molecule has 2 aromatic rings. The number of hydrogen-bond donors (Lipinski definition) is 1. The number of aromatic nitrogens is 2. The van der Waals surface area contributed by atoms with Crippen molar-refractivity contribution < 1.29 is 4.39 Å². The Morgan fingerprint density at radius 1 is 1.19 bits per heavy atom. The van der Waals surface area contributed by atoms with Gasteiger partial charge in [-0.15, -0.1) is 6.42 Å². The molecule has 0 atom stereocenters. The van der Waals surface area contributed by atoms with Crippen molar-refractivity contribution >= 4 is 5.95 Å². The van der Waals surface area contributed by atoms with Gasteiger partial charge in [0.25, 0.3) is 0 Å². The molecule has 0 unspecified atom stereocenters. The van der Waals surface area contributed by atoms with Gasteiger partial charge in [-0.2, -0.15) is 0 Å². The summed E-state index contributed by atoms with van der Waals surface area (Å²) in [6.45, 7) is 0. The SMILES string of the molecule is C#Cc1cc(-c2ccc(F)cc2)nc(N)n1. The van der Waals surface area contributed by atoms with Gasteiger partial charge in [0.15, 0.2) is 0 Å². The molecule has 3 nitrogen and oxygen atoms in total. The van der Waals surface area contributed by atoms with E-state index in [1.807, 2.05) is 0 Å². The highest BCUT2D eigenvalue weighted by Gasteiger charge is 2.03. The minimum Gasteiger partial charge on any atom is -0.368 e. The van der Waals surface area contributed by atoms with Crippen LogP contribution in [-0.2, 0) is 0 Å². The number of anilines is 1. The van der Waals surface area contributed by atoms with Gasteiger partial charge in [0, 0.05) is 5.56 Å². The summed E-state index contributed by atoms with van der Waals surface area (Å²) in [4.78, 5) is 7.88. The van der Waals surface area contributed by atoms with Gasteiger partial charge in [-0.1, -0.05) is 5.92 Å². The average Bonchev–Trinajstić information content (AvgIpc) is 2.29. The molecule has 0 radical (unpaired) electrons. The maximum atomic E-state index is 12.7. The van der Waals surface area contributed by atoms with E-state index in [-0.39, 0.29) is 11.8 Å². The molecular weight excluding hydrogens is 205 g/mol. The normalized spacial score (nSPS) is 9.75. The van der Waals surface area contributed by atoms with Crippen LogP contribution in [0.3, 0.4) is 0 Å². The molecule has 0 saturated carbocycles. The van der Waals surface area contributed by atoms with Crippen LogP contribution in [0.15, 0.2) is 30.3 Å². The van der Waals surface area contributed by atoms with Crippen molar-refractivity contribution in [2.75, 3.05) is 5.73 Å². The van der Waals surface area contributed by atoms with E-state index in [0.717, 1.165) is 5.56 Å². The third kappa shape index (κ3) is 1.98. The molecule has 2 rings (SSSR count). The fourth-order valence-electron chi connectivity index (χ4n) is 1.31. The van der Waals surface area contributed by atoms with E-state index in [1.165, 1.54) is 12.1 Å². The lowest BCUT2D eigenvalue weighted by Crippen LogP contribution is -1.98. The van der Waals surface area contributed by atoms with Crippen molar-refractivity contribution in [1.29, 1.82) is 0 Å². The average molecular weight is 213 g/mol. The van der Waals surface area contributed by atoms with Crippen molar-refractivity contribution in [1.82, 2.24) is 9.97 Å². The van der Waals surface area contributed by atoms with E-state index in [9.17, 15) is 4.39 Å². The number of halogens is 1. The highest BCUT2D eigenvalue weighted by Crippen LogP contribution is 2.18. The molecule has 0 amide bonds. The number of nitrogens with two attached hydrogens (primary N) is 1. The lowest BCUT2D eigenvalue weighted by atomic mass is 10.1. The Bertz CT molecular complexity index is 555. The number of nitrogens with zero attached hydrogens (tertiary/aromatic N) is 2. The number of rotatable bonds is 1. The number of terminal acetylenes is 1. The summed E-state index contributed by atoms with van der Waals surface area (Å²) in [5.74, 6) is 2.19. The Balaban J connectivity index is 2.52. The molecule has 16 heavy (non-hydrogen) atoms. The van der Waals surface area contributed by atoms with Gasteiger partial charge in [0.05, 0.1) is 5.69 Å². The lowest BCUT2D eigenvalue weighted by Gasteiger charge is -2.02. The molecule has 4 heteroatoms. The molecule has 1 aromatic carbocycles. The first-order valence-corrected chi connectivity index (χ1v) is 4.56. The zero-order valence-electron chi connectivity index (χ0n) is 8.31. The second-order valence-corrected chi connectivity index (χ2v) is 3.15. The molecular formula is C12H8FN3. The van der Waals surface area contributed by atoms with Crippen molar-refractivity contribution in [2.45, 2.75) is 0 Å². The van der Waals surface area contributed by atoms with Crippen LogP contribution < -0.4 is 5.73 Å². The van der Waals surface area contributed by atoms with Gasteiger partial charge >= 0.3 is 0 Å². The van der Waals surface area contributed by atoms with Crippen LogP contribution in [-0.4, -0.2) is 9.97 Å². The second kappa shape index (κ2) is 3.99. The minimum absolute atomic E-state index is 0.106. The van der Waals surface area contributed by atoms with Crippen LogP contribution in [0.2, 0.25) is 0 Å². The molecule has 1 aromatic heterocycles. The predicted octanol–water partition coefficient (Wildman–Crippen LogP) is 1.85. The Morgan fingerprint density at radius 2 is 1.88 bits per heavy atom. The maximum Gasteiger partial charge on any atom is 0.221 e. The first kappa shape index (κ1) is 10.1. The van der Waals surface area contributed by atoms with Crippen molar-refractivity contribution in [3.63, 3.8) is 0 Å². The van der Waals surface area contributed by atoms with Gasteiger partial charge in [-0.25, -0.2) is 14.4 Å². The Hall–Kier alpha value is -2.41. The van der Waals surface area contributed by atoms with Gasteiger partial charge < -0.3 is 5.73 Å². The third-order valence-electron chi connectivity index (χ3n) is 2.03. The van der Waals surface area contributed by atoms with Crippen LogP contribution >= 0.6 is 0 Å². The summed E-state index contributed by atoms with van der Waals surface area (Å²) in [5.41, 5.74) is 7.25. The highest BCUT2D eigenvalue weighted by atomic mass is 19.1. The van der Waals surface area contributed by atoms with Crippen molar-refractivity contribution in [3.05, 3.63) is 41.8 Å². The smallest absolute Gasteiger partial charge is 0.221 e. The standard InChI is InChI=1S/C12H8FN3/c1-2-10-7-11(16-12(14)15-10)8-3-5-9(13)6-4-8/h1,3-7H,(H2,14,15,16). The number of benzene rings is 1. The van der Waals surface area contributed by atoms with E-state index >= 15 is 0 Å². The molecule has 0 aliphatic heterocycles. The molecule has 0 spiro atoms. The molecule has 0 bridgehead atoms. The van der Waals surface area contributed by atoms with Gasteiger partial charge in [0.2, 0.25) is 5.95 Å². The molecule has 0 fully saturated rings. The van der Waals surface area contributed by atoms with Crippen LogP contribution in [0.4, 0.5) is 10.3 Å². The van der Waals surface area contributed by atoms with Crippen LogP contribution in [0.5, 0.6) is 0 Å². The summed E-state index contributed by atoms with van der Waals surface area (Å²) in [6, 6.07) is 7.55. The number of hydrogen-bond acceptors (Lipinski definition) is 3. The fraction of sp³-hybridized carbons (Fsp3) is 0. The Labute approximate surface area is 92.2 Å². The molecule has 0 aliphatic carbocycles. The molecule has 0 saturated heterocycles. The first-order chi connectivity index (χ1) is 7.69. The largest absolute Gasteiger partial charge is 0.368 e.